The van der Waals surface area contributed by atoms with Crippen molar-refractivity contribution in [2.45, 2.75) is 59.5 Å². The Morgan fingerprint density at radius 1 is 1.22 bits per heavy atom. The smallest absolute Gasteiger partial charge is 0.136 e. The lowest BCUT2D eigenvalue weighted by Gasteiger charge is -2.31. The molecular formula is C24H39N7O. The van der Waals surface area contributed by atoms with Crippen LogP contribution in [-0.2, 0) is 24.2 Å². The number of aromatic nitrogens is 3. The predicted molar refractivity (Wildman–Crippen MR) is 131 cm³/mol. The van der Waals surface area contributed by atoms with Crippen LogP contribution >= 0.6 is 0 Å². The van der Waals surface area contributed by atoms with Gasteiger partial charge in [-0.05, 0) is 46.2 Å². The van der Waals surface area contributed by atoms with E-state index in [1.807, 2.05) is 20.9 Å². The molecule has 0 fully saturated rings. The molecule has 0 amide bonds. The Bertz CT molecular complexity index is 893. The van der Waals surface area contributed by atoms with Crippen LogP contribution in [0.15, 0.2) is 6.07 Å². The molecule has 0 saturated carbocycles. The molecule has 0 spiro atoms. The van der Waals surface area contributed by atoms with Crippen LogP contribution in [0.3, 0.4) is 0 Å². The summed E-state index contributed by atoms with van der Waals surface area (Å²) in [4.78, 5) is 6.91. The molecule has 0 aromatic carbocycles. The summed E-state index contributed by atoms with van der Waals surface area (Å²) in [5, 5.41) is 19.4. The van der Waals surface area contributed by atoms with E-state index in [2.05, 4.69) is 38.2 Å². The van der Waals surface area contributed by atoms with Gasteiger partial charge in [0.1, 0.15) is 5.82 Å². The molecule has 1 aliphatic heterocycles. The molecule has 2 aromatic rings. The van der Waals surface area contributed by atoms with Crippen LogP contribution in [0.5, 0.6) is 0 Å². The van der Waals surface area contributed by atoms with Crippen LogP contribution < -0.4 is 15.5 Å². The molecule has 0 bridgehead atoms. The first kappa shape index (κ1) is 24.2. The highest BCUT2D eigenvalue weighted by Gasteiger charge is 2.25. The zero-order valence-corrected chi connectivity index (χ0v) is 20.1. The van der Waals surface area contributed by atoms with Crippen molar-refractivity contribution in [2.24, 2.45) is 0 Å². The highest BCUT2D eigenvalue weighted by atomic mass is 16.5. The van der Waals surface area contributed by atoms with E-state index in [4.69, 9.17) is 15.2 Å². The number of nitrogens with zero attached hydrogens (tertiary/aromatic N) is 4. The molecule has 2 aromatic heterocycles. The number of anilines is 2. The first-order valence-corrected chi connectivity index (χ1v) is 11.9. The minimum absolute atomic E-state index is 0.764. The average Bonchev–Trinajstić information content (AvgIpc) is 3.12. The van der Waals surface area contributed by atoms with Crippen molar-refractivity contribution in [1.82, 2.24) is 20.1 Å². The maximum Gasteiger partial charge on any atom is 0.136 e. The summed E-state index contributed by atoms with van der Waals surface area (Å²) in [6, 6.07) is 2.09. The van der Waals surface area contributed by atoms with Gasteiger partial charge in [0, 0.05) is 69.4 Å². The Hall–Kier alpha value is -2.45. The number of hydrogen-bond donors (Lipinski definition) is 3. The second kappa shape index (κ2) is 12.0. The van der Waals surface area contributed by atoms with E-state index in [1.54, 1.807) is 0 Å². The van der Waals surface area contributed by atoms with E-state index in [1.165, 1.54) is 30.3 Å². The van der Waals surface area contributed by atoms with Gasteiger partial charge in [-0.1, -0.05) is 6.42 Å². The number of unbranched alkanes of at least 4 members (excludes halogenated alkanes) is 2. The van der Waals surface area contributed by atoms with Gasteiger partial charge in [0.2, 0.25) is 0 Å². The Morgan fingerprint density at radius 2 is 2.06 bits per heavy atom. The van der Waals surface area contributed by atoms with E-state index < -0.39 is 0 Å². The maximum atomic E-state index is 7.92. The number of hydrogen-bond acceptors (Lipinski definition) is 7. The van der Waals surface area contributed by atoms with Crippen LogP contribution in [0.2, 0.25) is 0 Å². The summed E-state index contributed by atoms with van der Waals surface area (Å²) in [6.07, 6.45) is 5.92. The number of pyridine rings is 1. The zero-order valence-electron chi connectivity index (χ0n) is 20.1. The van der Waals surface area contributed by atoms with Crippen molar-refractivity contribution in [3.63, 3.8) is 0 Å². The molecule has 0 aliphatic carbocycles. The summed E-state index contributed by atoms with van der Waals surface area (Å²) in [7, 11) is 1.86. The van der Waals surface area contributed by atoms with Gasteiger partial charge in [0.05, 0.1) is 23.6 Å². The van der Waals surface area contributed by atoms with E-state index in [0.29, 0.717) is 0 Å². The molecule has 0 radical (unpaired) electrons. The largest absolute Gasteiger partial charge is 0.380 e. The molecule has 0 atom stereocenters. The van der Waals surface area contributed by atoms with E-state index in [0.717, 1.165) is 87.2 Å². The number of fused-ring (bicyclic) bond motifs is 1. The standard InChI is InChI=1S/C24H39N7O/c1-5-32-14-11-27-10-7-6-8-12-31-22-9-13-30(17-21(22)19(3)29-31)23-15-18(2)28-24(26-4)20(23)16-25/h15-16,25,27H,5-14,17H2,1-4H3,(H,26,28). The molecule has 8 nitrogen and oxygen atoms in total. The molecule has 176 valence electrons. The van der Waals surface area contributed by atoms with E-state index in [-0.39, 0.29) is 0 Å². The van der Waals surface area contributed by atoms with Crippen LogP contribution in [0.4, 0.5) is 11.5 Å². The molecule has 3 heterocycles. The quantitative estimate of drug-likeness (QED) is 0.326. The van der Waals surface area contributed by atoms with Crippen molar-refractivity contribution < 1.29 is 4.74 Å². The second-order valence-corrected chi connectivity index (χ2v) is 8.35. The van der Waals surface area contributed by atoms with Crippen LogP contribution in [0.25, 0.3) is 0 Å². The SMILES string of the molecule is CCOCCNCCCCCn1nc(C)c2c1CCN(c1cc(C)nc(NC)c1C=N)C2. The normalized spacial score (nSPS) is 13.3. The molecule has 0 saturated heterocycles. The van der Waals surface area contributed by atoms with Gasteiger partial charge >= 0.3 is 0 Å². The van der Waals surface area contributed by atoms with Gasteiger partial charge in [-0.3, -0.25) is 4.68 Å². The third-order valence-corrected chi connectivity index (χ3v) is 6.07. The van der Waals surface area contributed by atoms with E-state index in [9.17, 15) is 0 Å². The fraction of sp³-hybridized carbons (Fsp3) is 0.625. The van der Waals surface area contributed by atoms with Gasteiger partial charge in [-0.15, -0.1) is 0 Å². The summed E-state index contributed by atoms with van der Waals surface area (Å²) in [6.45, 7) is 12.5. The minimum Gasteiger partial charge on any atom is -0.380 e. The maximum absolute atomic E-state index is 7.92. The molecular weight excluding hydrogens is 402 g/mol. The van der Waals surface area contributed by atoms with Gasteiger partial charge in [0.25, 0.3) is 0 Å². The lowest BCUT2D eigenvalue weighted by Crippen LogP contribution is -2.32. The predicted octanol–water partition coefficient (Wildman–Crippen LogP) is 3.29. The number of nitrogens with one attached hydrogen (secondary N) is 3. The molecule has 32 heavy (non-hydrogen) atoms. The molecule has 3 N–H and O–H groups in total. The molecule has 3 rings (SSSR count). The average molecular weight is 442 g/mol. The number of aryl methyl sites for hydroxylation is 3. The first-order valence-electron chi connectivity index (χ1n) is 11.9. The van der Waals surface area contributed by atoms with Gasteiger partial charge in [0.15, 0.2) is 0 Å². The minimum atomic E-state index is 0.764. The summed E-state index contributed by atoms with van der Waals surface area (Å²) in [5.74, 6) is 0.764. The molecule has 0 unspecified atom stereocenters. The summed E-state index contributed by atoms with van der Waals surface area (Å²) >= 11 is 0. The topological polar surface area (TPSA) is 91.1 Å². The first-order chi connectivity index (χ1) is 15.6. The Balaban J connectivity index is 1.58. The van der Waals surface area contributed by atoms with Crippen molar-refractivity contribution in [3.8, 4) is 0 Å². The molecule has 1 aliphatic rings. The number of ether oxygens (including phenoxy) is 1. The van der Waals surface area contributed by atoms with Crippen LogP contribution in [0, 0.1) is 19.3 Å². The highest BCUT2D eigenvalue weighted by molar-refractivity contribution is 5.92. The number of rotatable bonds is 13. The lowest BCUT2D eigenvalue weighted by atomic mass is 10.0. The Labute approximate surface area is 192 Å². The fourth-order valence-corrected chi connectivity index (χ4v) is 4.42. The summed E-state index contributed by atoms with van der Waals surface area (Å²) in [5.41, 5.74) is 6.72. The van der Waals surface area contributed by atoms with Gasteiger partial charge in [-0.2, -0.15) is 5.10 Å². The van der Waals surface area contributed by atoms with Crippen LogP contribution in [0.1, 0.15) is 54.4 Å². The van der Waals surface area contributed by atoms with Crippen molar-refractivity contribution in [3.05, 3.63) is 34.3 Å². The Kier molecular flexibility index (Phi) is 9.05. The van der Waals surface area contributed by atoms with Crippen molar-refractivity contribution in [2.75, 3.05) is 50.1 Å². The van der Waals surface area contributed by atoms with Crippen LogP contribution in [-0.4, -0.2) is 60.9 Å². The third-order valence-electron chi connectivity index (χ3n) is 6.07. The van der Waals surface area contributed by atoms with Crippen molar-refractivity contribution in [1.29, 1.82) is 5.41 Å². The van der Waals surface area contributed by atoms with E-state index >= 15 is 0 Å². The fourth-order valence-electron chi connectivity index (χ4n) is 4.42. The molecule has 8 heteroatoms. The summed E-state index contributed by atoms with van der Waals surface area (Å²) < 4.78 is 7.58. The zero-order chi connectivity index (χ0) is 22.9. The van der Waals surface area contributed by atoms with Crippen molar-refractivity contribution >= 4 is 17.7 Å². The van der Waals surface area contributed by atoms with Gasteiger partial charge in [-0.25, -0.2) is 4.98 Å². The monoisotopic (exact) mass is 441 g/mol. The van der Waals surface area contributed by atoms with Gasteiger partial charge < -0.3 is 25.7 Å². The Morgan fingerprint density at radius 3 is 2.81 bits per heavy atom. The lowest BCUT2D eigenvalue weighted by molar-refractivity contribution is 0.149. The third kappa shape index (κ3) is 5.86. The highest BCUT2D eigenvalue weighted by Crippen LogP contribution is 2.31. The second-order valence-electron chi connectivity index (χ2n) is 8.35.